The number of benzene rings is 1. The minimum atomic E-state index is -1.35. The molecule has 0 unspecified atom stereocenters. The van der Waals surface area contributed by atoms with Crippen molar-refractivity contribution in [2.45, 2.75) is 63.6 Å². The average Bonchev–Trinajstić information content (AvgIpc) is 2.84. The van der Waals surface area contributed by atoms with Crippen LogP contribution >= 0.6 is 0 Å². The van der Waals surface area contributed by atoms with E-state index in [2.05, 4.69) is 28.1 Å². The van der Waals surface area contributed by atoms with Gasteiger partial charge in [0.1, 0.15) is 18.5 Å². The number of anilines is 1. The predicted molar refractivity (Wildman–Crippen MR) is 130 cm³/mol. The molecular weight excluding hydrogens is 448 g/mol. The van der Waals surface area contributed by atoms with Crippen molar-refractivity contribution in [3.05, 3.63) is 59.3 Å². The number of pyridine rings is 1. The zero-order valence-corrected chi connectivity index (χ0v) is 19.7. The first-order chi connectivity index (χ1) is 17.0. The summed E-state index contributed by atoms with van der Waals surface area (Å²) in [5, 5.41) is 17.9. The molecule has 35 heavy (non-hydrogen) atoms. The van der Waals surface area contributed by atoms with Gasteiger partial charge in [-0.2, -0.15) is 0 Å². The van der Waals surface area contributed by atoms with E-state index in [-0.39, 0.29) is 19.1 Å². The highest BCUT2D eigenvalue weighted by molar-refractivity contribution is 5.87. The topological polar surface area (TPSA) is 130 Å². The van der Waals surface area contributed by atoms with Crippen LogP contribution in [0.5, 0.6) is 0 Å². The van der Waals surface area contributed by atoms with Crippen LogP contribution in [0.2, 0.25) is 0 Å². The first-order valence-electron chi connectivity index (χ1n) is 12.2. The highest BCUT2D eigenvalue weighted by Crippen LogP contribution is 2.32. The zero-order chi connectivity index (χ0) is 24.6. The molecule has 1 fully saturated rings. The molecule has 1 aliphatic carbocycles. The van der Waals surface area contributed by atoms with Crippen molar-refractivity contribution >= 4 is 23.8 Å². The van der Waals surface area contributed by atoms with Gasteiger partial charge in [0.2, 0.25) is 5.91 Å². The summed E-state index contributed by atoms with van der Waals surface area (Å²) < 4.78 is 5.06. The third-order valence-electron chi connectivity index (χ3n) is 6.55. The Hall–Kier alpha value is -3.62. The second kappa shape index (κ2) is 11.7. The van der Waals surface area contributed by atoms with Gasteiger partial charge in [0, 0.05) is 18.3 Å². The van der Waals surface area contributed by atoms with Crippen molar-refractivity contribution in [1.82, 2.24) is 15.6 Å². The van der Waals surface area contributed by atoms with Gasteiger partial charge in [0.25, 0.3) is 0 Å². The van der Waals surface area contributed by atoms with Gasteiger partial charge in [-0.3, -0.25) is 4.79 Å². The van der Waals surface area contributed by atoms with Gasteiger partial charge < -0.3 is 25.8 Å². The summed E-state index contributed by atoms with van der Waals surface area (Å²) in [5.74, 6) is -0.160. The summed E-state index contributed by atoms with van der Waals surface area (Å²) >= 11 is 0. The first kappa shape index (κ1) is 24.5. The number of hydrogen-bond donors (Lipinski definition) is 4. The maximum absolute atomic E-state index is 12.4. The Balaban J connectivity index is 1.14. The molecule has 9 nitrogen and oxygen atoms in total. The number of ether oxygens (including phenoxy) is 1. The van der Waals surface area contributed by atoms with Crippen molar-refractivity contribution in [3.63, 3.8) is 0 Å². The zero-order valence-electron chi connectivity index (χ0n) is 19.7. The molecule has 0 radical (unpaired) electrons. The number of rotatable bonds is 10. The summed E-state index contributed by atoms with van der Waals surface area (Å²) in [7, 11) is 0. The number of carbonyl (C=O) groups excluding carboxylic acids is 2. The molecule has 2 heterocycles. The van der Waals surface area contributed by atoms with Crippen molar-refractivity contribution in [3.8, 4) is 0 Å². The van der Waals surface area contributed by atoms with Crippen LogP contribution in [0.4, 0.5) is 10.6 Å². The monoisotopic (exact) mass is 480 g/mol. The number of amides is 2. The minimum absolute atomic E-state index is 0.0200. The number of nitrogens with one attached hydrogen (secondary N) is 3. The molecule has 1 atom stereocenters. The van der Waals surface area contributed by atoms with Crippen molar-refractivity contribution in [1.29, 1.82) is 0 Å². The molecule has 1 aromatic carbocycles. The lowest BCUT2D eigenvalue weighted by Gasteiger charge is -2.36. The van der Waals surface area contributed by atoms with Crippen molar-refractivity contribution in [2.24, 2.45) is 5.92 Å². The maximum Gasteiger partial charge on any atom is 0.408 e. The Morgan fingerprint density at radius 1 is 1.14 bits per heavy atom. The van der Waals surface area contributed by atoms with Crippen molar-refractivity contribution in [2.75, 3.05) is 11.9 Å². The molecule has 4 rings (SSSR count). The molecule has 9 heteroatoms. The van der Waals surface area contributed by atoms with Gasteiger partial charge in [0.05, 0.1) is 6.42 Å². The molecule has 4 N–H and O–H groups in total. The molecular formula is C26H32N4O5. The van der Waals surface area contributed by atoms with E-state index in [1.165, 1.54) is 5.56 Å². The predicted octanol–water partition coefficient (Wildman–Crippen LogP) is 3.04. The summed E-state index contributed by atoms with van der Waals surface area (Å²) in [6.45, 7) is 0.993. The Bertz CT molecular complexity index is 1040. The van der Waals surface area contributed by atoms with Crippen LogP contribution in [-0.4, -0.2) is 46.7 Å². The van der Waals surface area contributed by atoms with Gasteiger partial charge in [-0.15, -0.1) is 0 Å². The van der Waals surface area contributed by atoms with Gasteiger partial charge in [-0.1, -0.05) is 36.4 Å². The van der Waals surface area contributed by atoms with Gasteiger partial charge in [-0.25, -0.2) is 14.6 Å². The van der Waals surface area contributed by atoms with Gasteiger partial charge in [0.15, 0.2) is 0 Å². The highest BCUT2D eigenvalue weighted by Gasteiger charge is 2.32. The number of aromatic nitrogens is 1. The molecule has 2 amide bonds. The van der Waals surface area contributed by atoms with E-state index in [1.54, 1.807) is 12.1 Å². The SMILES string of the molecule is O=C(C[C@H](NC(=O)OCc1ccccc1)C(=O)O)NC1CC(CCc2ccc3c(n2)NCCC3)C1. The molecule has 0 bridgehead atoms. The third-order valence-corrected chi connectivity index (χ3v) is 6.55. The summed E-state index contributed by atoms with van der Waals surface area (Å²) in [6, 6.07) is 12.0. The number of hydrogen-bond acceptors (Lipinski definition) is 6. The first-order valence-corrected chi connectivity index (χ1v) is 12.2. The number of carboxylic acids is 1. The summed E-state index contributed by atoms with van der Waals surface area (Å²) in [6.07, 6.45) is 4.63. The lowest BCUT2D eigenvalue weighted by atomic mass is 9.77. The Morgan fingerprint density at radius 3 is 2.71 bits per heavy atom. The van der Waals surface area contributed by atoms with Crippen LogP contribution in [0.25, 0.3) is 0 Å². The number of aryl methyl sites for hydroxylation is 2. The number of alkyl carbamates (subject to hydrolysis) is 1. The largest absolute Gasteiger partial charge is 0.480 e. The van der Waals surface area contributed by atoms with E-state index in [0.29, 0.717) is 5.92 Å². The second-order valence-corrected chi connectivity index (χ2v) is 9.28. The average molecular weight is 481 g/mol. The molecule has 2 aromatic rings. The van der Waals surface area contributed by atoms with Crippen LogP contribution < -0.4 is 16.0 Å². The molecule has 186 valence electrons. The van der Waals surface area contributed by atoms with Crippen LogP contribution in [0.15, 0.2) is 42.5 Å². The molecule has 1 aromatic heterocycles. The van der Waals surface area contributed by atoms with E-state index >= 15 is 0 Å². The Labute approximate surface area is 204 Å². The van der Waals surface area contributed by atoms with E-state index in [9.17, 15) is 19.5 Å². The molecule has 0 spiro atoms. The number of carboxylic acid groups (broad SMARTS) is 1. The summed E-state index contributed by atoms with van der Waals surface area (Å²) in [5.41, 5.74) is 3.15. The quantitative estimate of drug-likeness (QED) is 0.411. The molecule has 2 aliphatic rings. The van der Waals surface area contributed by atoms with Crippen molar-refractivity contribution < 1.29 is 24.2 Å². The number of fused-ring (bicyclic) bond motifs is 1. The van der Waals surface area contributed by atoms with Crippen LogP contribution in [0.1, 0.15) is 48.9 Å². The molecule has 1 aliphatic heterocycles. The fourth-order valence-corrected chi connectivity index (χ4v) is 4.53. The van der Waals surface area contributed by atoms with Crippen LogP contribution in [0.3, 0.4) is 0 Å². The van der Waals surface area contributed by atoms with Gasteiger partial charge in [-0.05, 0) is 61.6 Å². The minimum Gasteiger partial charge on any atom is -0.480 e. The Morgan fingerprint density at radius 2 is 1.94 bits per heavy atom. The smallest absolute Gasteiger partial charge is 0.408 e. The normalized spacial score (nSPS) is 19.3. The fraction of sp³-hybridized carbons (Fsp3) is 0.462. The van der Waals surface area contributed by atoms with E-state index in [4.69, 9.17) is 9.72 Å². The summed E-state index contributed by atoms with van der Waals surface area (Å²) in [4.78, 5) is 40.6. The van der Waals surface area contributed by atoms with E-state index in [0.717, 1.165) is 62.1 Å². The van der Waals surface area contributed by atoms with Crippen LogP contribution in [-0.2, 0) is 33.8 Å². The number of aliphatic carboxylic acids is 1. The van der Waals surface area contributed by atoms with E-state index < -0.39 is 24.0 Å². The lowest BCUT2D eigenvalue weighted by molar-refractivity contribution is -0.141. The number of nitrogens with zero attached hydrogens (tertiary/aromatic N) is 1. The highest BCUT2D eigenvalue weighted by atomic mass is 16.5. The maximum atomic E-state index is 12.4. The lowest BCUT2D eigenvalue weighted by Crippen LogP contribution is -2.48. The van der Waals surface area contributed by atoms with Gasteiger partial charge >= 0.3 is 12.1 Å². The Kier molecular flexibility index (Phi) is 8.18. The van der Waals surface area contributed by atoms with E-state index in [1.807, 2.05) is 18.2 Å². The molecule has 0 saturated heterocycles. The standard InChI is InChI=1S/C26H32N4O5/c31-23(15-22(25(32)33)30-26(34)35-16-17-5-2-1-3-6-17)28-21-13-18(14-21)8-10-20-11-9-19-7-4-12-27-24(19)29-20/h1-3,5-6,9,11,18,21-22H,4,7-8,10,12-16H2,(H,27,29)(H,28,31)(H,30,34)(H,32,33)/t18?,21?,22-/m0/s1. The fourth-order valence-electron chi connectivity index (χ4n) is 4.53. The molecule has 1 saturated carbocycles. The van der Waals surface area contributed by atoms with Crippen LogP contribution in [0, 0.1) is 5.92 Å². The number of carbonyl (C=O) groups is 3. The third kappa shape index (κ3) is 7.18. The second-order valence-electron chi connectivity index (χ2n) is 9.28.